The Morgan fingerprint density at radius 2 is 1.92 bits per heavy atom. The van der Waals surface area contributed by atoms with E-state index in [-0.39, 0.29) is 17.3 Å². The molecule has 0 amide bonds. The second kappa shape index (κ2) is 13.4. The second-order valence-electron chi connectivity index (χ2n) is 8.12. The van der Waals surface area contributed by atoms with Crippen LogP contribution in [-0.4, -0.2) is 52.3 Å². The molecule has 0 spiro atoms. The van der Waals surface area contributed by atoms with Crippen LogP contribution in [0.15, 0.2) is 72.5 Å². The van der Waals surface area contributed by atoms with Crippen molar-refractivity contribution in [3.63, 3.8) is 0 Å². The maximum absolute atomic E-state index is 12.2. The van der Waals surface area contributed by atoms with Gasteiger partial charge in [0.05, 0.1) is 17.9 Å². The molecule has 37 heavy (non-hydrogen) atoms. The number of hydrogen-bond donors (Lipinski definition) is 2. The molecule has 2 heterocycles. The van der Waals surface area contributed by atoms with Gasteiger partial charge in [0.2, 0.25) is 0 Å². The van der Waals surface area contributed by atoms with Crippen molar-refractivity contribution in [2.24, 2.45) is 0 Å². The number of allylic oxidation sites excluding steroid dienone is 1. The molecule has 0 saturated heterocycles. The SMILES string of the molecule is C=C(C)C(=O)OCC1=CCC(SCc2ccc(C(=O)OCCOP(=O)(O)O)cc2)(c2ccccn2)SC1. The maximum Gasteiger partial charge on any atom is 0.469 e. The summed E-state index contributed by atoms with van der Waals surface area (Å²) in [5, 5.41) is 0. The summed E-state index contributed by atoms with van der Waals surface area (Å²) in [5.41, 5.74) is 3.70. The summed E-state index contributed by atoms with van der Waals surface area (Å²) in [6.45, 7) is 4.80. The number of benzene rings is 1. The molecule has 0 saturated carbocycles. The number of nitrogens with zero attached hydrogens (tertiary/aromatic N) is 1. The smallest absolute Gasteiger partial charge is 0.460 e. The number of aromatic nitrogens is 1. The molecule has 1 aliphatic rings. The van der Waals surface area contributed by atoms with Crippen molar-refractivity contribution in [2.75, 3.05) is 25.6 Å². The lowest BCUT2D eigenvalue weighted by Crippen LogP contribution is -2.24. The predicted octanol–water partition coefficient (Wildman–Crippen LogP) is 4.62. The molecule has 0 aliphatic carbocycles. The van der Waals surface area contributed by atoms with Gasteiger partial charge in [-0.05, 0) is 48.7 Å². The van der Waals surface area contributed by atoms with Gasteiger partial charge in [-0.2, -0.15) is 0 Å². The van der Waals surface area contributed by atoms with Crippen molar-refractivity contribution in [1.82, 2.24) is 4.98 Å². The zero-order valence-electron chi connectivity index (χ0n) is 20.2. The van der Waals surface area contributed by atoms with E-state index in [1.807, 2.05) is 30.3 Å². The highest BCUT2D eigenvalue weighted by molar-refractivity contribution is 8.17. The van der Waals surface area contributed by atoms with Gasteiger partial charge in [0, 0.05) is 23.3 Å². The number of ether oxygens (including phenoxy) is 2. The minimum Gasteiger partial charge on any atom is -0.460 e. The van der Waals surface area contributed by atoms with Crippen LogP contribution in [0.25, 0.3) is 0 Å². The largest absolute Gasteiger partial charge is 0.469 e. The second-order valence-corrected chi connectivity index (χ2v) is 12.2. The third-order valence-corrected chi connectivity index (χ3v) is 9.08. The van der Waals surface area contributed by atoms with E-state index in [4.69, 9.17) is 19.3 Å². The fourth-order valence-electron chi connectivity index (χ4n) is 3.24. The van der Waals surface area contributed by atoms with Gasteiger partial charge in [-0.1, -0.05) is 30.9 Å². The Balaban J connectivity index is 1.61. The Kier molecular flexibility index (Phi) is 10.6. The molecular formula is C25H28NO8PS2. The molecule has 2 aromatic rings. The molecule has 9 nitrogen and oxygen atoms in total. The molecule has 0 bridgehead atoms. The molecule has 1 aromatic heterocycles. The van der Waals surface area contributed by atoms with Gasteiger partial charge in [0.15, 0.2) is 0 Å². The number of carbonyl (C=O) groups excluding carboxylic acids is 2. The molecule has 198 valence electrons. The van der Waals surface area contributed by atoms with Crippen LogP contribution in [0.4, 0.5) is 0 Å². The predicted molar refractivity (Wildman–Crippen MR) is 143 cm³/mol. The van der Waals surface area contributed by atoms with Gasteiger partial charge in [0.25, 0.3) is 0 Å². The highest BCUT2D eigenvalue weighted by atomic mass is 32.2. The quantitative estimate of drug-likeness (QED) is 0.123. The first-order valence-corrected chi connectivity index (χ1v) is 14.7. The van der Waals surface area contributed by atoms with E-state index in [1.54, 1.807) is 48.8 Å². The minimum atomic E-state index is -4.59. The fourth-order valence-corrected chi connectivity index (χ4v) is 6.39. The van der Waals surface area contributed by atoms with Crippen LogP contribution >= 0.6 is 31.3 Å². The van der Waals surface area contributed by atoms with Gasteiger partial charge in [-0.3, -0.25) is 9.51 Å². The number of hydrogen-bond acceptors (Lipinski definition) is 9. The highest BCUT2D eigenvalue weighted by Gasteiger charge is 2.36. The first kappa shape index (κ1) is 29.2. The van der Waals surface area contributed by atoms with Gasteiger partial charge in [-0.25, -0.2) is 14.2 Å². The molecule has 3 rings (SSSR count). The summed E-state index contributed by atoms with van der Waals surface area (Å²) in [6, 6.07) is 12.8. The lowest BCUT2D eigenvalue weighted by atomic mass is 10.1. The Labute approximate surface area is 223 Å². The van der Waals surface area contributed by atoms with Gasteiger partial charge < -0.3 is 19.3 Å². The van der Waals surface area contributed by atoms with Crippen LogP contribution in [0, 0.1) is 0 Å². The zero-order chi connectivity index (χ0) is 26.9. The maximum atomic E-state index is 12.2. The van der Waals surface area contributed by atoms with Crippen molar-refractivity contribution in [3.8, 4) is 0 Å². The summed E-state index contributed by atoms with van der Waals surface area (Å²) in [4.78, 5) is 45.8. The van der Waals surface area contributed by atoms with Gasteiger partial charge >= 0.3 is 19.8 Å². The van der Waals surface area contributed by atoms with E-state index >= 15 is 0 Å². The lowest BCUT2D eigenvalue weighted by Gasteiger charge is -2.35. The molecule has 12 heteroatoms. The van der Waals surface area contributed by atoms with Gasteiger partial charge in [-0.15, -0.1) is 23.5 Å². The van der Waals surface area contributed by atoms with Crippen LogP contribution < -0.4 is 0 Å². The van der Waals surface area contributed by atoms with Crippen molar-refractivity contribution in [1.29, 1.82) is 0 Å². The molecule has 0 fully saturated rings. The van der Waals surface area contributed by atoms with Crippen LogP contribution in [0.1, 0.15) is 35.0 Å². The number of phosphoric ester groups is 1. The summed E-state index contributed by atoms with van der Waals surface area (Å²) < 4.78 is 24.9. The number of thioether (sulfide) groups is 2. The number of rotatable bonds is 12. The summed E-state index contributed by atoms with van der Waals surface area (Å²) in [5.74, 6) is 0.363. The van der Waals surface area contributed by atoms with Crippen LogP contribution in [0.5, 0.6) is 0 Å². The van der Waals surface area contributed by atoms with E-state index in [9.17, 15) is 14.2 Å². The topological polar surface area (TPSA) is 132 Å². The summed E-state index contributed by atoms with van der Waals surface area (Å²) in [7, 11) is -4.59. The number of pyridine rings is 1. The first-order valence-electron chi connectivity index (χ1n) is 11.2. The average Bonchev–Trinajstić information content (AvgIpc) is 2.89. The fraction of sp³-hybridized carbons (Fsp3) is 0.320. The Bertz CT molecular complexity index is 1180. The van der Waals surface area contributed by atoms with Crippen molar-refractivity contribution in [3.05, 3.63) is 89.3 Å². The number of esters is 2. The van der Waals surface area contributed by atoms with Crippen LogP contribution in [-0.2, 0) is 33.2 Å². The number of carbonyl (C=O) groups is 2. The van der Waals surface area contributed by atoms with E-state index in [0.29, 0.717) is 29.1 Å². The molecule has 1 aliphatic heterocycles. The normalized spacial score (nSPS) is 17.5. The van der Waals surface area contributed by atoms with Crippen molar-refractivity contribution < 1.29 is 37.9 Å². The van der Waals surface area contributed by atoms with E-state index in [0.717, 1.165) is 16.8 Å². The molecular weight excluding hydrogens is 537 g/mol. The van der Waals surface area contributed by atoms with E-state index in [1.165, 1.54) is 0 Å². The summed E-state index contributed by atoms with van der Waals surface area (Å²) in [6.07, 6.45) is 4.59. The van der Waals surface area contributed by atoms with Crippen molar-refractivity contribution >= 4 is 43.3 Å². The lowest BCUT2D eigenvalue weighted by molar-refractivity contribution is -0.137. The highest BCUT2D eigenvalue weighted by Crippen LogP contribution is 2.53. The van der Waals surface area contributed by atoms with Crippen LogP contribution in [0.2, 0.25) is 0 Å². The summed E-state index contributed by atoms with van der Waals surface area (Å²) >= 11 is 3.49. The molecule has 1 atom stereocenters. The standard InChI is InChI=1S/C25H28NO8PS2/c1-18(2)23(27)33-15-20-10-11-25(37-17-20,22-5-3-4-12-26-22)36-16-19-6-8-21(9-7-19)24(28)32-13-14-34-35(29,30)31/h3-10,12H,1,11,13-17H2,2H3,(H2,29,30,31). The van der Waals surface area contributed by atoms with E-state index < -0.39 is 26.4 Å². The Morgan fingerprint density at radius 1 is 1.16 bits per heavy atom. The van der Waals surface area contributed by atoms with E-state index in [2.05, 4.69) is 22.2 Å². The Hall–Kier alpha value is -2.40. The molecule has 1 unspecified atom stereocenters. The third kappa shape index (κ3) is 9.14. The molecule has 0 radical (unpaired) electrons. The van der Waals surface area contributed by atoms with Crippen LogP contribution in [0.3, 0.4) is 0 Å². The number of phosphoric acid groups is 1. The van der Waals surface area contributed by atoms with Gasteiger partial charge in [0.1, 0.15) is 17.3 Å². The average molecular weight is 566 g/mol. The zero-order valence-corrected chi connectivity index (χ0v) is 22.7. The monoisotopic (exact) mass is 565 g/mol. The Morgan fingerprint density at radius 3 is 2.51 bits per heavy atom. The minimum absolute atomic E-state index is 0.241. The third-order valence-electron chi connectivity index (χ3n) is 5.18. The first-order chi connectivity index (χ1) is 17.6. The van der Waals surface area contributed by atoms with Crippen molar-refractivity contribution in [2.45, 2.75) is 23.2 Å². The molecule has 2 N–H and O–H groups in total. The molecule has 1 aromatic carbocycles.